The molecule has 0 unspecified atom stereocenters. The first-order valence-electron chi connectivity index (χ1n) is 6.13. The number of methoxy groups -OCH3 is 1. The van der Waals surface area contributed by atoms with Crippen LogP contribution in [-0.4, -0.2) is 18.7 Å². The number of carbonyl (C=O) groups is 2. The lowest BCUT2D eigenvalue weighted by Crippen LogP contribution is -2.17. The summed E-state index contributed by atoms with van der Waals surface area (Å²) in [4.78, 5) is 23.9. The van der Waals surface area contributed by atoms with Crippen LogP contribution >= 0.6 is 0 Å². The van der Waals surface area contributed by atoms with E-state index in [0.717, 1.165) is 11.3 Å². The predicted octanol–water partition coefficient (Wildman–Crippen LogP) is 2.65. The number of ketones is 2. The standard InChI is InChI=1S/C16H16O3/c1-10-11(2)16(18)13(9-15(10)17)8-12-4-6-14(19-3)7-5-12/h4-7,9H,8H2,1-3H3. The summed E-state index contributed by atoms with van der Waals surface area (Å²) in [5.41, 5.74) is 2.64. The molecule has 0 aromatic heterocycles. The Labute approximate surface area is 112 Å². The molecule has 1 aromatic carbocycles. The second-order valence-corrected chi connectivity index (χ2v) is 4.64. The molecule has 1 aliphatic rings. The van der Waals surface area contributed by atoms with Gasteiger partial charge in [-0.15, -0.1) is 0 Å². The molecule has 3 nitrogen and oxygen atoms in total. The summed E-state index contributed by atoms with van der Waals surface area (Å²) in [5.74, 6) is 0.671. The van der Waals surface area contributed by atoms with Gasteiger partial charge in [-0.25, -0.2) is 0 Å². The number of allylic oxidation sites excluding steroid dienone is 4. The van der Waals surface area contributed by atoms with Gasteiger partial charge in [0.25, 0.3) is 0 Å². The van der Waals surface area contributed by atoms with E-state index in [1.165, 1.54) is 6.08 Å². The molecule has 0 N–H and O–H groups in total. The van der Waals surface area contributed by atoms with E-state index < -0.39 is 0 Å². The molecule has 3 heteroatoms. The maximum absolute atomic E-state index is 12.1. The van der Waals surface area contributed by atoms with E-state index in [2.05, 4.69) is 0 Å². The summed E-state index contributed by atoms with van der Waals surface area (Å²) < 4.78 is 5.09. The number of hydrogen-bond donors (Lipinski definition) is 0. The Balaban J connectivity index is 2.22. The molecule has 1 aromatic rings. The van der Waals surface area contributed by atoms with Gasteiger partial charge in [0.15, 0.2) is 11.6 Å². The van der Waals surface area contributed by atoms with Crippen LogP contribution in [0.2, 0.25) is 0 Å². The van der Waals surface area contributed by atoms with E-state index in [4.69, 9.17) is 4.74 Å². The molecule has 0 spiro atoms. The minimum atomic E-state index is -0.0689. The highest BCUT2D eigenvalue weighted by Gasteiger charge is 2.22. The molecule has 98 valence electrons. The molecule has 0 atom stereocenters. The van der Waals surface area contributed by atoms with Crippen molar-refractivity contribution in [2.75, 3.05) is 7.11 Å². The minimum Gasteiger partial charge on any atom is -0.497 e. The van der Waals surface area contributed by atoms with Crippen molar-refractivity contribution in [3.8, 4) is 5.75 Å². The molecule has 0 fully saturated rings. The Bertz CT molecular complexity index is 589. The quantitative estimate of drug-likeness (QED) is 0.781. The van der Waals surface area contributed by atoms with E-state index in [1.54, 1.807) is 21.0 Å². The van der Waals surface area contributed by atoms with Crippen LogP contribution in [0.15, 0.2) is 47.1 Å². The van der Waals surface area contributed by atoms with Crippen LogP contribution in [0.4, 0.5) is 0 Å². The van der Waals surface area contributed by atoms with Gasteiger partial charge in [-0.05, 0) is 37.6 Å². The van der Waals surface area contributed by atoms with E-state index in [0.29, 0.717) is 23.1 Å². The summed E-state index contributed by atoms with van der Waals surface area (Å²) in [6, 6.07) is 7.49. The van der Waals surface area contributed by atoms with Crippen molar-refractivity contribution in [3.05, 3.63) is 52.6 Å². The molecule has 0 aliphatic heterocycles. The molecule has 0 radical (unpaired) electrons. The second kappa shape index (κ2) is 5.22. The highest BCUT2D eigenvalue weighted by molar-refractivity contribution is 6.22. The van der Waals surface area contributed by atoms with Crippen molar-refractivity contribution in [3.63, 3.8) is 0 Å². The number of ether oxygens (including phenoxy) is 1. The van der Waals surface area contributed by atoms with E-state index in [9.17, 15) is 9.59 Å². The SMILES string of the molecule is COc1ccc(CC2=CC(=O)C(C)=C(C)C2=O)cc1. The minimum absolute atomic E-state index is 0.0343. The Kier molecular flexibility index (Phi) is 3.65. The van der Waals surface area contributed by atoms with Gasteiger partial charge in [0.1, 0.15) is 5.75 Å². The van der Waals surface area contributed by atoms with Gasteiger partial charge in [-0.2, -0.15) is 0 Å². The van der Waals surface area contributed by atoms with Crippen LogP contribution in [0.1, 0.15) is 19.4 Å². The first-order valence-corrected chi connectivity index (χ1v) is 6.13. The van der Waals surface area contributed by atoms with Crippen LogP contribution in [-0.2, 0) is 16.0 Å². The first-order chi connectivity index (χ1) is 9.02. The predicted molar refractivity (Wildman–Crippen MR) is 73.2 cm³/mol. The highest BCUT2D eigenvalue weighted by atomic mass is 16.5. The zero-order valence-electron chi connectivity index (χ0n) is 11.3. The van der Waals surface area contributed by atoms with Gasteiger partial charge in [-0.1, -0.05) is 12.1 Å². The van der Waals surface area contributed by atoms with Crippen molar-refractivity contribution >= 4 is 11.6 Å². The molecule has 1 aliphatic carbocycles. The largest absolute Gasteiger partial charge is 0.497 e. The fraction of sp³-hybridized carbons (Fsp3) is 0.250. The monoisotopic (exact) mass is 256 g/mol. The van der Waals surface area contributed by atoms with Gasteiger partial charge < -0.3 is 4.74 Å². The Morgan fingerprint density at radius 1 is 1.00 bits per heavy atom. The number of carbonyl (C=O) groups excluding carboxylic acids is 2. The molecular weight excluding hydrogens is 240 g/mol. The van der Waals surface area contributed by atoms with Gasteiger partial charge in [-0.3, -0.25) is 9.59 Å². The molecule has 0 amide bonds. The van der Waals surface area contributed by atoms with Crippen LogP contribution in [0.3, 0.4) is 0 Å². The fourth-order valence-corrected chi connectivity index (χ4v) is 2.02. The summed E-state index contributed by atoms with van der Waals surface area (Å²) >= 11 is 0. The first kappa shape index (κ1) is 13.3. The van der Waals surface area contributed by atoms with Crippen LogP contribution in [0.25, 0.3) is 0 Å². The lowest BCUT2D eigenvalue weighted by atomic mass is 9.88. The number of rotatable bonds is 3. The van der Waals surface area contributed by atoms with Crippen molar-refractivity contribution in [1.82, 2.24) is 0 Å². The summed E-state index contributed by atoms with van der Waals surface area (Å²) in [7, 11) is 1.61. The number of hydrogen-bond acceptors (Lipinski definition) is 3. The Morgan fingerprint density at radius 3 is 2.21 bits per heavy atom. The maximum atomic E-state index is 12.1. The normalized spacial score (nSPS) is 15.6. The molecular formula is C16H16O3. The molecule has 0 bridgehead atoms. The van der Waals surface area contributed by atoms with Gasteiger partial charge in [0, 0.05) is 23.1 Å². The molecule has 19 heavy (non-hydrogen) atoms. The summed E-state index contributed by atoms with van der Waals surface area (Å²) in [6.07, 6.45) is 1.92. The smallest absolute Gasteiger partial charge is 0.185 e. The van der Waals surface area contributed by atoms with Crippen molar-refractivity contribution < 1.29 is 14.3 Å². The van der Waals surface area contributed by atoms with Gasteiger partial charge in [0.2, 0.25) is 0 Å². The molecule has 0 saturated carbocycles. The molecule has 0 saturated heterocycles. The average Bonchev–Trinajstić information content (AvgIpc) is 2.43. The van der Waals surface area contributed by atoms with Gasteiger partial charge >= 0.3 is 0 Å². The van der Waals surface area contributed by atoms with Crippen molar-refractivity contribution in [1.29, 1.82) is 0 Å². The summed E-state index contributed by atoms with van der Waals surface area (Å²) in [6.45, 7) is 3.40. The fourth-order valence-electron chi connectivity index (χ4n) is 2.02. The summed E-state index contributed by atoms with van der Waals surface area (Å²) in [5, 5.41) is 0. The third-order valence-corrected chi connectivity index (χ3v) is 3.42. The average molecular weight is 256 g/mol. The van der Waals surface area contributed by atoms with Crippen LogP contribution < -0.4 is 4.74 Å². The zero-order chi connectivity index (χ0) is 14.0. The lowest BCUT2D eigenvalue weighted by molar-refractivity contribution is -0.115. The second-order valence-electron chi connectivity index (χ2n) is 4.64. The van der Waals surface area contributed by atoms with E-state index >= 15 is 0 Å². The Hall–Kier alpha value is -2.16. The zero-order valence-corrected chi connectivity index (χ0v) is 11.3. The number of Topliss-reactive ketones (excluding diaryl/α,β-unsaturated/α-hetero) is 1. The van der Waals surface area contributed by atoms with Crippen LogP contribution in [0, 0.1) is 0 Å². The number of benzene rings is 1. The highest BCUT2D eigenvalue weighted by Crippen LogP contribution is 2.22. The lowest BCUT2D eigenvalue weighted by Gasteiger charge is -2.14. The molecule has 2 rings (SSSR count). The van der Waals surface area contributed by atoms with Crippen LogP contribution in [0.5, 0.6) is 5.75 Å². The topological polar surface area (TPSA) is 43.4 Å². The maximum Gasteiger partial charge on any atom is 0.185 e. The van der Waals surface area contributed by atoms with Gasteiger partial charge in [0.05, 0.1) is 7.11 Å². The molecule has 0 heterocycles. The van der Waals surface area contributed by atoms with Crippen molar-refractivity contribution in [2.45, 2.75) is 20.3 Å². The third kappa shape index (κ3) is 2.65. The van der Waals surface area contributed by atoms with E-state index in [-0.39, 0.29) is 11.6 Å². The van der Waals surface area contributed by atoms with E-state index in [1.807, 2.05) is 24.3 Å². The third-order valence-electron chi connectivity index (χ3n) is 3.42. The Morgan fingerprint density at radius 2 is 1.63 bits per heavy atom. The van der Waals surface area contributed by atoms with Crippen molar-refractivity contribution in [2.24, 2.45) is 0 Å².